The summed E-state index contributed by atoms with van der Waals surface area (Å²) >= 11 is 3.35. The second-order valence-electron chi connectivity index (χ2n) is 3.47. The van der Waals surface area contributed by atoms with Crippen molar-refractivity contribution in [3.05, 3.63) is 41.4 Å². The molecule has 0 aliphatic heterocycles. The molecule has 0 saturated carbocycles. The molecule has 6 heteroatoms. The van der Waals surface area contributed by atoms with Gasteiger partial charge < -0.3 is 5.32 Å². The number of amides is 1. The molecule has 1 aromatic heterocycles. The first-order chi connectivity index (χ1) is 8.24. The van der Waals surface area contributed by atoms with Crippen molar-refractivity contribution in [2.45, 2.75) is 13.0 Å². The van der Waals surface area contributed by atoms with Crippen LogP contribution in [-0.2, 0) is 11.3 Å². The van der Waals surface area contributed by atoms with Crippen LogP contribution in [-0.4, -0.2) is 20.7 Å². The van der Waals surface area contributed by atoms with Crippen LogP contribution >= 0.6 is 15.9 Å². The van der Waals surface area contributed by atoms with Crippen molar-refractivity contribution in [1.82, 2.24) is 14.8 Å². The van der Waals surface area contributed by atoms with E-state index in [-0.39, 0.29) is 5.91 Å². The lowest BCUT2D eigenvalue weighted by atomic mass is 10.3. The molecule has 1 aromatic carbocycles. The summed E-state index contributed by atoms with van der Waals surface area (Å²) in [5.41, 5.74) is 0.781. The van der Waals surface area contributed by atoms with Gasteiger partial charge >= 0.3 is 0 Å². The molecule has 1 amide bonds. The fourth-order valence-electron chi connectivity index (χ4n) is 1.35. The molecule has 0 bridgehead atoms. The zero-order valence-corrected chi connectivity index (χ0v) is 10.6. The molecule has 2 rings (SSSR count). The molecule has 88 valence electrons. The Balaban J connectivity index is 1.85. The fourth-order valence-corrected chi connectivity index (χ4v) is 1.75. The number of hydrogen-bond donors (Lipinski definition) is 1. The minimum absolute atomic E-state index is 0.0430. The van der Waals surface area contributed by atoms with Crippen molar-refractivity contribution in [2.24, 2.45) is 0 Å². The maximum atomic E-state index is 11.6. The zero-order chi connectivity index (χ0) is 12.1. The van der Waals surface area contributed by atoms with Gasteiger partial charge in [-0.1, -0.05) is 22.0 Å². The van der Waals surface area contributed by atoms with Crippen LogP contribution in [0.3, 0.4) is 0 Å². The van der Waals surface area contributed by atoms with E-state index in [1.54, 1.807) is 11.0 Å². The minimum atomic E-state index is -0.0430. The standard InChI is InChI=1S/C11H11BrN4O/c12-9-2-1-3-10(6-9)15-11(17)4-5-16-8-13-7-14-16/h1-3,6-8H,4-5H2,(H,15,17). The monoisotopic (exact) mass is 294 g/mol. The molecule has 0 atom stereocenters. The average Bonchev–Trinajstić information content (AvgIpc) is 2.79. The Labute approximate surface area is 107 Å². The third-order valence-corrected chi connectivity index (χ3v) is 2.64. The number of aromatic nitrogens is 3. The van der Waals surface area contributed by atoms with Crippen LogP contribution in [0.15, 0.2) is 41.4 Å². The predicted octanol–water partition coefficient (Wildman–Crippen LogP) is 2.07. The number of nitrogens with one attached hydrogen (secondary N) is 1. The van der Waals surface area contributed by atoms with Crippen molar-refractivity contribution in [2.75, 3.05) is 5.32 Å². The SMILES string of the molecule is O=C(CCn1cncn1)Nc1cccc(Br)c1. The number of rotatable bonds is 4. The third-order valence-electron chi connectivity index (χ3n) is 2.14. The number of carbonyl (C=O) groups excluding carboxylic acids is 1. The Morgan fingerprint density at radius 1 is 1.47 bits per heavy atom. The topological polar surface area (TPSA) is 59.8 Å². The Morgan fingerprint density at radius 2 is 2.35 bits per heavy atom. The third kappa shape index (κ3) is 3.67. The van der Waals surface area contributed by atoms with E-state index in [1.165, 1.54) is 6.33 Å². The first-order valence-electron chi connectivity index (χ1n) is 5.12. The van der Waals surface area contributed by atoms with Crippen LogP contribution in [0.2, 0.25) is 0 Å². The molecule has 0 spiro atoms. The predicted molar refractivity (Wildman–Crippen MR) is 67.4 cm³/mol. The van der Waals surface area contributed by atoms with Gasteiger partial charge in [0, 0.05) is 16.6 Å². The first kappa shape index (κ1) is 11.8. The number of carbonyl (C=O) groups is 1. The maximum Gasteiger partial charge on any atom is 0.226 e. The van der Waals surface area contributed by atoms with Crippen LogP contribution < -0.4 is 5.32 Å². The highest BCUT2D eigenvalue weighted by Crippen LogP contribution is 2.15. The first-order valence-corrected chi connectivity index (χ1v) is 5.91. The van der Waals surface area contributed by atoms with Crippen molar-refractivity contribution in [1.29, 1.82) is 0 Å². The summed E-state index contributed by atoms with van der Waals surface area (Å²) in [5, 5.41) is 6.74. The highest BCUT2D eigenvalue weighted by molar-refractivity contribution is 9.10. The summed E-state index contributed by atoms with van der Waals surface area (Å²) in [6.45, 7) is 0.528. The molecule has 2 aromatic rings. The van der Waals surface area contributed by atoms with Crippen LogP contribution in [0.1, 0.15) is 6.42 Å². The Bertz CT molecular complexity index is 498. The quantitative estimate of drug-likeness (QED) is 0.939. The van der Waals surface area contributed by atoms with Crippen molar-refractivity contribution >= 4 is 27.5 Å². The second kappa shape index (κ2) is 5.58. The smallest absolute Gasteiger partial charge is 0.226 e. The summed E-state index contributed by atoms with van der Waals surface area (Å²) in [5.74, 6) is -0.0430. The van der Waals surface area contributed by atoms with Gasteiger partial charge in [0.1, 0.15) is 12.7 Å². The highest BCUT2D eigenvalue weighted by Gasteiger charge is 2.03. The molecular formula is C11H11BrN4O. The van der Waals surface area contributed by atoms with Crippen LogP contribution in [0, 0.1) is 0 Å². The molecule has 1 N–H and O–H groups in total. The van der Waals surface area contributed by atoms with E-state index in [1.807, 2.05) is 24.3 Å². The normalized spacial score (nSPS) is 10.2. The Kier molecular flexibility index (Phi) is 3.87. The number of anilines is 1. The Morgan fingerprint density at radius 3 is 3.06 bits per heavy atom. The number of nitrogens with zero attached hydrogens (tertiary/aromatic N) is 3. The van der Waals surface area contributed by atoms with Crippen LogP contribution in [0.5, 0.6) is 0 Å². The molecular weight excluding hydrogens is 284 g/mol. The van der Waals surface area contributed by atoms with Crippen molar-refractivity contribution in [3.63, 3.8) is 0 Å². The van der Waals surface area contributed by atoms with E-state index >= 15 is 0 Å². The molecule has 0 saturated heterocycles. The van der Waals surface area contributed by atoms with Crippen molar-refractivity contribution < 1.29 is 4.79 Å². The van der Waals surface area contributed by atoms with Gasteiger partial charge in [0.25, 0.3) is 0 Å². The minimum Gasteiger partial charge on any atom is -0.326 e. The van der Waals surface area contributed by atoms with Crippen LogP contribution in [0.4, 0.5) is 5.69 Å². The van der Waals surface area contributed by atoms with Gasteiger partial charge in [0.05, 0.1) is 6.54 Å². The molecule has 0 radical (unpaired) electrons. The van der Waals surface area contributed by atoms with Gasteiger partial charge in [0.15, 0.2) is 0 Å². The highest BCUT2D eigenvalue weighted by atomic mass is 79.9. The van der Waals surface area contributed by atoms with Gasteiger partial charge in [0.2, 0.25) is 5.91 Å². The summed E-state index contributed by atoms with van der Waals surface area (Å²) in [7, 11) is 0. The summed E-state index contributed by atoms with van der Waals surface area (Å²) in [6.07, 6.45) is 3.41. The average molecular weight is 295 g/mol. The largest absolute Gasteiger partial charge is 0.326 e. The van der Waals surface area contributed by atoms with Gasteiger partial charge in [-0.05, 0) is 18.2 Å². The lowest BCUT2D eigenvalue weighted by molar-refractivity contribution is -0.116. The lowest BCUT2D eigenvalue weighted by Gasteiger charge is -2.05. The number of hydrogen-bond acceptors (Lipinski definition) is 3. The van der Waals surface area contributed by atoms with Gasteiger partial charge in [-0.15, -0.1) is 0 Å². The molecule has 1 heterocycles. The van der Waals surface area contributed by atoms with E-state index in [0.29, 0.717) is 13.0 Å². The summed E-state index contributed by atoms with van der Waals surface area (Å²) in [6, 6.07) is 7.48. The molecule has 0 unspecified atom stereocenters. The Hall–Kier alpha value is -1.69. The number of benzene rings is 1. The van der Waals surface area contributed by atoms with E-state index in [9.17, 15) is 4.79 Å². The molecule has 17 heavy (non-hydrogen) atoms. The van der Waals surface area contributed by atoms with Gasteiger partial charge in [-0.2, -0.15) is 5.10 Å². The summed E-state index contributed by atoms with van der Waals surface area (Å²) in [4.78, 5) is 15.4. The van der Waals surface area contributed by atoms with E-state index in [0.717, 1.165) is 10.2 Å². The van der Waals surface area contributed by atoms with Crippen LogP contribution in [0.25, 0.3) is 0 Å². The second-order valence-corrected chi connectivity index (χ2v) is 4.38. The number of aryl methyl sites for hydroxylation is 1. The molecule has 0 fully saturated rings. The van der Waals surface area contributed by atoms with E-state index in [4.69, 9.17) is 0 Å². The zero-order valence-electron chi connectivity index (χ0n) is 9.01. The molecule has 0 aliphatic carbocycles. The van der Waals surface area contributed by atoms with Gasteiger partial charge in [-0.25, -0.2) is 4.98 Å². The number of halogens is 1. The lowest BCUT2D eigenvalue weighted by Crippen LogP contribution is -2.14. The fraction of sp³-hybridized carbons (Fsp3) is 0.182. The van der Waals surface area contributed by atoms with E-state index in [2.05, 4.69) is 31.3 Å². The van der Waals surface area contributed by atoms with Gasteiger partial charge in [-0.3, -0.25) is 9.48 Å². The maximum absolute atomic E-state index is 11.6. The van der Waals surface area contributed by atoms with Crippen molar-refractivity contribution in [3.8, 4) is 0 Å². The summed E-state index contributed by atoms with van der Waals surface area (Å²) < 4.78 is 2.56. The molecule has 5 nitrogen and oxygen atoms in total. The van der Waals surface area contributed by atoms with E-state index < -0.39 is 0 Å². The molecule has 0 aliphatic rings.